The third kappa shape index (κ3) is 18.2. The van der Waals surface area contributed by atoms with E-state index >= 15 is 0 Å². The van der Waals surface area contributed by atoms with Gasteiger partial charge < -0.3 is 0 Å². The van der Waals surface area contributed by atoms with Crippen molar-refractivity contribution in [3.8, 4) is 0 Å². The molecule has 0 spiro atoms. The lowest BCUT2D eigenvalue weighted by atomic mass is 10.2. The van der Waals surface area contributed by atoms with Crippen molar-refractivity contribution >= 4 is 40.9 Å². The molecule has 0 saturated carbocycles. The van der Waals surface area contributed by atoms with Gasteiger partial charge in [0.15, 0.2) is 0 Å². The molecule has 5 rings (SSSR count). The van der Waals surface area contributed by atoms with Crippen LogP contribution in [0.15, 0.2) is 135 Å². The second-order valence-electron chi connectivity index (χ2n) is 10.9. The van der Waals surface area contributed by atoms with Crippen LogP contribution in [0.2, 0.25) is 0 Å². The van der Waals surface area contributed by atoms with E-state index in [0.717, 1.165) is 28.8 Å². The van der Waals surface area contributed by atoms with Crippen LogP contribution in [0.1, 0.15) is 29.2 Å². The predicted octanol–water partition coefficient (Wildman–Crippen LogP) is 6.95. The number of hydrogen-bond acceptors (Lipinski definition) is 8. The summed E-state index contributed by atoms with van der Waals surface area (Å²) < 4.78 is 135. The van der Waals surface area contributed by atoms with Crippen molar-refractivity contribution in [2.24, 2.45) is 7.05 Å². The third-order valence-corrected chi connectivity index (χ3v) is 9.74. The zero-order chi connectivity index (χ0) is 39.9. The standard InChI is InChI=1S/4C7H7FO2S.C6H11N2/c4*1-6-2-4-7(5-3-6)11(8,9)10;1-3-8-5-4-7(2)6-8/h4*2-5H,1H3;4-6H,3H2,1-2H3/q;;;;+1. The SMILES string of the molecule is CCn1cc[n+](C)c1.Cc1ccc(S(=O)(=O)F)cc1.Cc1ccc(S(=O)(=O)F)cc1.Cc1ccc(S(=O)(=O)F)cc1.Cc1ccc(S(=O)(=O)F)cc1. The molecular weight excluding hydrogens is 769 g/mol. The molecule has 5 aromatic rings. The number of halogens is 4. The smallest absolute Gasteiger partial charge is 0.240 e. The third-order valence-electron chi connectivity index (χ3n) is 6.40. The number of hydrogen-bond donors (Lipinski definition) is 0. The molecule has 0 aliphatic carbocycles. The fourth-order valence-electron chi connectivity index (χ4n) is 3.49. The van der Waals surface area contributed by atoms with E-state index in [0.29, 0.717) is 0 Å². The lowest BCUT2D eigenvalue weighted by molar-refractivity contribution is -0.671. The Kier molecular flexibility index (Phi) is 17.6. The van der Waals surface area contributed by atoms with Crippen molar-refractivity contribution in [1.82, 2.24) is 4.57 Å². The zero-order valence-electron chi connectivity index (χ0n) is 29.0. The van der Waals surface area contributed by atoms with E-state index in [1.807, 2.05) is 17.8 Å². The first kappa shape index (κ1) is 45.6. The van der Waals surface area contributed by atoms with Gasteiger partial charge in [-0.05, 0) is 83.1 Å². The predicted molar refractivity (Wildman–Crippen MR) is 189 cm³/mol. The normalized spacial score (nSPS) is 11.2. The number of nitrogens with zero attached hydrogens (tertiary/aromatic N) is 2. The Bertz CT molecular complexity index is 2000. The molecule has 1 heterocycles. The van der Waals surface area contributed by atoms with Crippen molar-refractivity contribution in [3.63, 3.8) is 0 Å². The van der Waals surface area contributed by atoms with Gasteiger partial charge in [0.25, 0.3) is 0 Å². The molecule has 0 atom stereocenters. The van der Waals surface area contributed by atoms with Crippen molar-refractivity contribution in [3.05, 3.63) is 138 Å². The Morgan fingerprint density at radius 2 is 0.673 bits per heavy atom. The Balaban J connectivity index is 0.000000326. The molecule has 0 unspecified atom stereocenters. The van der Waals surface area contributed by atoms with Gasteiger partial charge in [0.05, 0.1) is 33.2 Å². The summed E-state index contributed by atoms with van der Waals surface area (Å²) in [5, 5.41) is 0. The topological polar surface area (TPSA) is 145 Å². The van der Waals surface area contributed by atoms with E-state index in [1.54, 1.807) is 76.2 Å². The summed E-state index contributed by atoms with van der Waals surface area (Å²) >= 11 is 0. The zero-order valence-corrected chi connectivity index (χ0v) is 32.2. The minimum Gasteiger partial charge on any atom is -0.240 e. The van der Waals surface area contributed by atoms with Crippen LogP contribution in [0.4, 0.5) is 15.5 Å². The first-order valence-electron chi connectivity index (χ1n) is 14.9. The first-order chi connectivity index (χ1) is 23.8. The monoisotopic (exact) mass is 807 g/mol. The molecule has 1 aromatic heterocycles. The number of rotatable bonds is 5. The van der Waals surface area contributed by atoms with Crippen LogP contribution < -0.4 is 4.57 Å². The van der Waals surface area contributed by atoms with E-state index < -0.39 is 40.9 Å². The van der Waals surface area contributed by atoms with Gasteiger partial charge in [-0.15, -0.1) is 15.5 Å². The molecule has 52 heavy (non-hydrogen) atoms. The summed E-state index contributed by atoms with van der Waals surface area (Å²) in [5.74, 6) is 0. The van der Waals surface area contributed by atoms with Crippen molar-refractivity contribution < 1.29 is 53.8 Å². The van der Waals surface area contributed by atoms with Gasteiger partial charge >= 0.3 is 40.9 Å². The maximum absolute atomic E-state index is 12.2. The lowest BCUT2D eigenvalue weighted by Gasteiger charge is -1.93. The highest BCUT2D eigenvalue weighted by atomic mass is 32.3. The summed E-state index contributed by atoms with van der Waals surface area (Å²) in [5.41, 5.74) is 3.60. The van der Waals surface area contributed by atoms with E-state index in [9.17, 15) is 49.2 Å². The summed E-state index contributed by atoms with van der Waals surface area (Å²) in [6.07, 6.45) is 6.14. The average Bonchev–Trinajstić information content (AvgIpc) is 3.47. The second-order valence-corrected chi connectivity index (χ2v) is 16.3. The Morgan fingerprint density at radius 1 is 0.462 bits per heavy atom. The second kappa shape index (κ2) is 20.0. The van der Waals surface area contributed by atoms with Crippen LogP contribution in [0.3, 0.4) is 0 Å². The number of benzene rings is 4. The lowest BCUT2D eigenvalue weighted by Crippen LogP contribution is -2.23. The van der Waals surface area contributed by atoms with Gasteiger partial charge in [-0.3, -0.25) is 0 Å². The summed E-state index contributed by atoms with van der Waals surface area (Å²) in [7, 11) is -16.1. The molecule has 18 heteroatoms. The van der Waals surface area contributed by atoms with Crippen molar-refractivity contribution in [1.29, 1.82) is 0 Å². The van der Waals surface area contributed by atoms with Crippen LogP contribution in [0, 0.1) is 27.7 Å². The molecule has 0 bridgehead atoms. The van der Waals surface area contributed by atoms with Crippen molar-refractivity contribution in [2.75, 3.05) is 0 Å². The van der Waals surface area contributed by atoms with E-state index in [4.69, 9.17) is 0 Å². The molecule has 10 nitrogen and oxygen atoms in total. The largest absolute Gasteiger partial charge is 0.332 e. The quantitative estimate of drug-likeness (QED) is 0.106. The maximum Gasteiger partial charge on any atom is 0.332 e. The highest BCUT2D eigenvalue weighted by molar-refractivity contribution is 7.87. The summed E-state index contributed by atoms with van der Waals surface area (Å²) in [6.45, 7) is 10.4. The molecule has 4 aromatic carbocycles. The van der Waals surface area contributed by atoms with Crippen LogP contribution in [0.5, 0.6) is 0 Å². The van der Waals surface area contributed by atoms with Crippen LogP contribution >= 0.6 is 0 Å². The van der Waals surface area contributed by atoms with Gasteiger partial charge in [-0.1, -0.05) is 70.8 Å². The first-order valence-corrected chi connectivity index (χ1v) is 20.4. The fourth-order valence-corrected chi connectivity index (χ4v) is 5.34. The number of imidazole rings is 1. The maximum atomic E-state index is 12.2. The van der Waals surface area contributed by atoms with Gasteiger partial charge in [-0.25, -0.2) is 9.13 Å². The fraction of sp³-hybridized carbons (Fsp3) is 0.206. The minimum absolute atomic E-state index is 0.289. The molecule has 0 fully saturated rings. The highest BCUT2D eigenvalue weighted by Gasteiger charge is 2.12. The summed E-state index contributed by atoms with van der Waals surface area (Å²) in [6, 6.07) is 22.3. The Labute approximate surface area is 303 Å². The molecular formula is C34H39F4N2O8S4+. The van der Waals surface area contributed by atoms with E-state index in [-0.39, 0.29) is 19.6 Å². The van der Waals surface area contributed by atoms with Crippen molar-refractivity contribution in [2.45, 2.75) is 60.7 Å². The minimum atomic E-state index is -4.52. The van der Waals surface area contributed by atoms with Crippen LogP contribution in [-0.4, -0.2) is 38.2 Å². The van der Waals surface area contributed by atoms with Gasteiger partial charge in [0, 0.05) is 0 Å². The number of aryl methyl sites for hydroxylation is 6. The highest BCUT2D eigenvalue weighted by Crippen LogP contribution is 2.14. The average molecular weight is 808 g/mol. The molecule has 0 N–H and O–H groups in total. The molecule has 284 valence electrons. The number of aromatic nitrogens is 2. The van der Waals surface area contributed by atoms with Gasteiger partial charge in [-0.2, -0.15) is 33.7 Å². The van der Waals surface area contributed by atoms with Crippen LogP contribution in [-0.2, 0) is 54.5 Å². The van der Waals surface area contributed by atoms with E-state index in [2.05, 4.69) is 24.0 Å². The Hall–Kier alpha value is -4.39. The molecule has 0 amide bonds. The Morgan fingerprint density at radius 3 is 0.788 bits per heavy atom. The molecule has 0 saturated heterocycles. The molecule has 0 aliphatic rings. The molecule has 0 radical (unpaired) electrons. The summed E-state index contributed by atoms with van der Waals surface area (Å²) in [4.78, 5) is -1.16. The van der Waals surface area contributed by atoms with Crippen LogP contribution in [0.25, 0.3) is 0 Å². The van der Waals surface area contributed by atoms with Gasteiger partial charge in [0.1, 0.15) is 12.4 Å². The van der Waals surface area contributed by atoms with Gasteiger partial charge in [0.2, 0.25) is 6.33 Å². The van der Waals surface area contributed by atoms with E-state index in [1.165, 1.54) is 48.5 Å². The molecule has 0 aliphatic heterocycles.